The van der Waals surface area contributed by atoms with Gasteiger partial charge in [0, 0.05) is 6.42 Å². The number of hydrogen-bond donors (Lipinski definition) is 0. The van der Waals surface area contributed by atoms with Crippen LogP contribution in [0.5, 0.6) is 0 Å². The van der Waals surface area contributed by atoms with Crippen LogP contribution >= 0.6 is 0 Å². The molecule has 1 unspecified atom stereocenters. The van der Waals surface area contributed by atoms with Crippen LogP contribution in [0, 0.1) is 0 Å². The van der Waals surface area contributed by atoms with Crippen LogP contribution in [0.1, 0.15) is 97.3 Å². The molecule has 0 aromatic heterocycles. The minimum atomic E-state index is -0.531. The highest BCUT2D eigenvalue weighted by molar-refractivity contribution is 5.72. The third-order valence-electron chi connectivity index (χ3n) is 3.76. The van der Waals surface area contributed by atoms with Crippen molar-refractivity contribution < 1.29 is 14.3 Å². The summed E-state index contributed by atoms with van der Waals surface area (Å²) in [4.78, 5) is 22.4. The summed E-state index contributed by atoms with van der Waals surface area (Å²) in [6.45, 7) is 4.29. The Kier molecular flexibility index (Phi) is 14.9. The molecule has 124 valence electrons. The zero-order valence-electron chi connectivity index (χ0n) is 14.1. The van der Waals surface area contributed by atoms with Crippen molar-refractivity contribution in [3.63, 3.8) is 0 Å². The van der Waals surface area contributed by atoms with E-state index in [-0.39, 0.29) is 5.97 Å². The van der Waals surface area contributed by atoms with E-state index in [0.29, 0.717) is 12.8 Å². The van der Waals surface area contributed by atoms with Gasteiger partial charge in [0.2, 0.25) is 0 Å². The molecule has 0 bridgehead atoms. The summed E-state index contributed by atoms with van der Waals surface area (Å²) in [5.41, 5.74) is 0. The van der Waals surface area contributed by atoms with E-state index >= 15 is 0 Å². The fourth-order valence-corrected chi connectivity index (χ4v) is 2.37. The molecular formula is C18H34O3. The first-order valence-corrected chi connectivity index (χ1v) is 8.89. The minimum absolute atomic E-state index is 0.217. The molecule has 1 atom stereocenters. The maximum Gasteiger partial charge on any atom is 0.306 e. The molecule has 0 saturated heterocycles. The molecule has 0 rings (SSSR count). The van der Waals surface area contributed by atoms with Crippen molar-refractivity contribution in [2.45, 2.75) is 103 Å². The van der Waals surface area contributed by atoms with E-state index in [0.717, 1.165) is 32.0 Å². The highest BCUT2D eigenvalue weighted by atomic mass is 16.5. The van der Waals surface area contributed by atoms with Gasteiger partial charge in [-0.05, 0) is 19.3 Å². The van der Waals surface area contributed by atoms with Gasteiger partial charge in [0.15, 0.2) is 12.4 Å². The van der Waals surface area contributed by atoms with Gasteiger partial charge in [-0.15, -0.1) is 0 Å². The Morgan fingerprint density at radius 2 is 1.38 bits per heavy atom. The lowest BCUT2D eigenvalue weighted by molar-refractivity contribution is -0.152. The van der Waals surface area contributed by atoms with Crippen LogP contribution in [-0.4, -0.2) is 18.4 Å². The normalized spacial score (nSPS) is 12.1. The summed E-state index contributed by atoms with van der Waals surface area (Å²) in [7, 11) is 0. The largest absolute Gasteiger partial charge is 0.455 e. The molecular weight excluding hydrogens is 264 g/mol. The van der Waals surface area contributed by atoms with Crippen molar-refractivity contribution in [2.75, 3.05) is 0 Å². The van der Waals surface area contributed by atoms with E-state index in [4.69, 9.17) is 4.74 Å². The van der Waals surface area contributed by atoms with E-state index in [1.54, 1.807) is 0 Å². The van der Waals surface area contributed by atoms with Crippen LogP contribution in [0.3, 0.4) is 0 Å². The molecule has 0 radical (unpaired) electrons. The number of unbranched alkanes of at least 4 members (excludes halogenated alkanes) is 9. The molecule has 0 spiro atoms. The van der Waals surface area contributed by atoms with Crippen molar-refractivity contribution >= 4 is 12.3 Å². The molecule has 0 N–H and O–H groups in total. The number of rotatable bonds is 15. The molecule has 3 nitrogen and oxygen atoms in total. The fourth-order valence-electron chi connectivity index (χ4n) is 2.37. The van der Waals surface area contributed by atoms with Crippen molar-refractivity contribution in [2.24, 2.45) is 0 Å². The Bertz CT molecular complexity index is 251. The maximum absolute atomic E-state index is 11.6. The molecule has 0 amide bonds. The quantitative estimate of drug-likeness (QED) is 0.237. The van der Waals surface area contributed by atoms with Crippen molar-refractivity contribution in [1.29, 1.82) is 0 Å². The van der Waals surface area contributed by atoms with E-state index in [1.807, 2.05) is 0 Å². The molecule has 0 aliphatic carbocycles. The van der Waals surface area contributed by atoms with Crippen LogP contribution in [-0.2, 0) is 14.3 Å². The summed E-state index contributed by atoms with van der Waals surface area (Å²) < 4.78 is 5.17. The minimum Gasteiger partial charge on any atom is -0.455 e. The molecule has 0 aromatic rings. The molecule has 21 heavy (non-hydrogen) atoms. The summed E-state index contributed by atoms with van der Waals surface area (Å²) in [5.74, 6) is -0.217. The predicted molar refractivity (Wildman–Crippen MR) is 87.3 cm³/mol. The molecule has 0 aliphatic rings. The third kappa shape index (κ3) is 13.9. The molecule has 3 heteroatoms. The van der Waals surface area contributed by atoms with Crippen LogP contribution < -0.4 is 0 Å². The lowest BCUT2D eigenvalue weighted by Crippen LogP contribution is -2.19. The van der Waals surface area contributed by atoms with Crippen molar-refractivity contribution in [3.8, 4) is 0 Å². The Labute approximate surface area is 130 Å². The van der Waals surface area contributed by atoms with Crippen LogP contribution in [0.2, 0.25) is 0 Å². The standard InChI is InChI=1S/C18H34O3/c1-3-5-7-8-9-10-11-12-13-15-18(20)21-17(16-19)14-6-4-2/h16-17H,3-15H2,1-2H3. The summed E-state index contributed by atoms with van der Waals surface area (Å²) in [5, 5.41) is 0. The lowest BCUT2D eigenvalue weighted by atomic mass is 10.1. The first kappa shape index (κ1) is 20.1. The summed E-state index contributed by atoms with van der Waals surface area (Å²) in [6, 6.07) is 0. The highest BCUT2D eigenvalue weighted by Gasteiger charge is 2.12. The summed E-state index contributed by atoms with van der Waals surface area (Å²) in [6.07, 6.45) is 14.4. The smallest absolute Gasteiger partial charge is 0.306 e. The SMILES string of the molecule is CCCCCCCCCCCC(=O)OC(C=O)CCCC. The maximum atomic E-state index is 11.6. The van der Waals surface area contributed by atoms with E-state index in [1.165, 1.54) is 44.9 Å². The number of carbonyl (C=O) groups excluding carboxylic acids is 2. The van der Waals surface area contributed by atoms with Crippen LogP contribution in [0.25, 0.3) is 0 Å². The Morgan fingerprint density at radius 1 is 0.857 bits per heavy atom. The van der Waals surface area contributed by atoms with Crippen molar-refractivity contribution in [3.05, 3.63) is 0 Å². The zero-order chi connectivity index (χ0) is 15.8. The van der Waals surface area contributed by atoms with Gasteiger partial charge in [-0.25, -0.2) is 0 Å². The third-order valence-corrected chi connectivity index (χ3v) is 3.76. The second kappa shape index (κ2) is 15.5. The first-order chi connectivity index (χ1) is 10.2. The molecule has 0 saturated carbocycles. The number of carbonyl (C=O) groups is 2. The van der Waals surface area contributed by atoms with Gasteiger partial charge in [0.1, 0.15) is 0 Å². The Morgan fingerprint density at radius 3 is 1.90 bits per heavy atom. The van der Waals surface area contributed by atoms with E-state index in [9.17, 15) is 9.59 Å². The van der Waals surface area contributed by atoms with Crippen LogP contribution in [0.15, 0.2) is 0 Å². The molecule has 0 heterocycles. The summed E-state index contributed by atoms with van der Waals surface area (Å²) >= 11 is 0. The molecule has 0 aliphatic heterocycles. The number of esters is 1. The number of aldehydes is 1. The van der Waals surface area contributed by atoms with Gasteiger partial charge in [0.25, 0.3) is 0 Å². The first-order valence-electron chi connectivity index (χ1n) is 8.89. The second-order valence-electron chi connectivity index (χ2n) is 5.89. The van der Waals surface area contributed by atoms with Crippen molar-refractivity contribution in [1.82, 2.24) is 0 Å². The number of hydrogen-bond acceptors (Lipinski definition) is 3. The van der Waals surface area contributed by atoms with Gasteiger partial charge in [0.05, 0.1) is 0 Å². The Hall–Kier alpha value is -0.860. The van der Waals surface area contributed by atoms with Gasteiger partial charge >= 0.3 is 5.97 Å². The van der Waals surface area contributed by atoms with E-state index in [2.05, 4.69) is 13.8 Å². The fraction of sp³-hybridized carbons (Fsp3) is 0.889. The lowest BCUT2D eigenvalue weighted by Gasteiger charge is -2.11. The molecule has 0 aromatic carbocycles. The predicted octanol–water partition coefficient (Wildman–Crippen LogP) is 5.21. The average Bonchev–Trinajstić information content (AvgIpc) is 2.49. The molecule has 0 fully saturated rings. The Balaban J connectivity index is 3.42. The van der Waals surface area contributed by atoms with Gasteiger partial charge in [-0.1, -0.05) is 71.6 Å². The van der Waals surface area contributed by atoms with Gasteiger partial charge in [-0.2, -0.15) is 0 Å². The monoisotopic (exact) mass is 298 g/mol. The topological polar surface area (TPSA) is 43.4 Å². The van der Waals surface area contributed by atoms with E-state index < -0.39 is 6.10 Å². The zero-order valence-corrected chi connectivity index (χ0v) is 14.1. The van der Waals surface area contributed by atoms with Gasteiger partial charge < -0.3 is 4.74 Å². The number of ether oxygens (including phenoxy) is 1. The van der Waals surface area contributed by atoms with Gasteiger partial charge in [-0.3, -0.25) is 9.59 Å². The van der Waals surface area contributed by atoms with Crippen LogP contribution in [0.4, 0.5) is 0 Å². The highest BCUT2D eigenvalue weighted by Crippen LogP contribution is 2.11. The second-order valence-corrected chi connectivity index (χ2v) is 5.89. The average molecular weight is 298 g/mol.